The molecule has 1 aliphatic heterocycles. The Labute approximate surface area is 88.6 Å². The highest BCUT2D eigenvalue weighted by Gasteiger charge is 2.20. The summed E-state index contributed by atoms with van der Waals surface area (Å²) in [5, 5.41) is 2.99. The summed E-state index contributed by atoms with van der Waals surface area (Å²) in [6, 6.07) is 0.449. The Hall–Kier alpha value is -0.0500. The largest absolute Gasteiger partial charge is 0.353 e. The SMILES string of the molecule is CCCC(Br)CCC1CCC(=O)N1. The van der Waals surface area contributed by atoms with E-state index in [1.807, 2.05) is 0 Å². The number of alkyl halides is 1. The number of nitrogens with one attached hydrogen (secondary N) is 1. The van der Waals surface area contributed by atoms with E-state index in [-0.39, 0.29) is 5.91 Å². The van der Waals surface area contributed by atoms with Gasteiger partial charge in [0.15, 0.2) is 0 Å². The van der Waals surface area contributed by atoms with Crippen LogP contribution in [0.15, 0.2) is 0 Å². The quantitative estimate of drug-likeness (QED) is 0.744. The van der Waals surface area contributed by atoms with Crippen LogP contribution in [0.4, 0.5) is 0 Å². The Balaban J connectivity index is 2.08. The van der Waals surface area contributed by atoms with Crippen LogP contribution in [0.3, 0.4) is 0 Å². The highest BCUT2D eigenvalue weighted by molar-refractivity contribution is 9.09. The first-order chi connectivity index (χ1) is 6.22. The average Bonchev–Trinajstić information content (AvgIpc) is 2.49. The highest BCUT2D eigenvalue weighted by atomic mass is 79.9. The molecule has 2 atom stereocenters. The summed E-state index contributed by atoms with van der Waals surface area (Å²) in [6.45, 7) is 2.20. The normalized spacial score (nSPS) is 24.5. The summed E-state index contributed by atoms with van der Waals surface area (Å²) in [4.78, 5) is 11.5. The lowest BCUT2D eigenvalue weighted by Gasteiger charge is -2.12. The van der Waals surface area contributed by atoms with Gasteiger partial charge in [-0.3, -0.25) is 4.79 Å². The molecular formula is C10H18BrNO. The van der Waals surface area contributed by atoms with Gasteiger partial charge in [-0.05, 0) is 25.7 Å². The Bertz CT molecular complexity index is 172. The van der Waals surface area contributed by atoms with Crippen molar-refractivity contribution in [1.82, 2.24) is 5.32 Å². The van der Waals surface area contributed by atoms with Crippen LogP contribution in [-0.2, 0) is 4.79 Å². The molecule has 76 valence electrons. The van der Waals surface area contributed by atoms with Gasteiger partial charge in [-0.15, -0.1) is 0 Å². The predicted octanol–water partition coefficient (Wildman–Crippen LogP) is 2.61. The third-order valence-electron chi connectivity index (χ3n) is 2.52. The zero-order valence-electron chi connectivity index (χ0n) is 8.18. The van der Waals surface area contributed by atoms with E-state index in [9.17, 15) is 4.79 Å². The Morgan fingerprint density at radius 1 is 1.62 bits per heavy atom. The summed E-state index contributed by atoms with van der Waals surface area (Å²) in [5.41, 5.74) is 0. The summed E-state index contributed by atoms with van der Waals surface area (Å²) in [5.74, 6) is 0.228. The second-order valence-corrected chi connectivity index (χ2v) is 5.06. The van der Waals surface area contributed by atoms with E-state index in [2.05, 4.69) is 28.2 Å². The van der Waals surface area contributed by atoms with Crippen LogP contribution in [0, 0.1) is 0 Å². The molecule has 0 radical (unpaired) electrons. The fraction of sp³-hybridized carbons (Fsp3) is 0.900. The third kappa shape index (κ3) is 4.12. The van der Waals surface area contributed by atoms with Crippen LogP contribution in [0.2, 0.25) is 0 Å². The van der Waals surface area contributed by atoms with Gasteiger partial charge >= 0.3 is 0 Å². The van der Waals surface area contributed by atoms with Gasteiger partial charge in [0, 0.05) is 17.3 Å². The molecule has 0 aromatic rings. The van der Waals surface area contributed by atoms with Gasteiger partial charge in [0.25, 0.3) is 0 Å². The van der Waals surface area contributed by atoms with Crippen molar-refractivity contribution in [1.29, 1.82) is 0 Å². The van der Waals surface area contributed by atoms with Crippen LogP contribution in [0.25, 0.3) is 0 Å². The topological polar surface area (TPSA) is 29.1 Å². The zero-order chi connectivity index (χ0) is 9.68. The first-order valence-electron chi connectivity index (χ1n) is 5.15. The van der Waals surface area contributed by atoms with E-state index in [4.69, 9.17) is 0 Å². The second-order valence-electron chi connectivity index (χ2n) is 3.77. The van der Waals surface area contributed by atoms with E-state index in [1.54, 1.807) is 0 Å². The van der Waals surface area contributed by atoms with Crippen molar-refractivity contribution >= 4 is 21.8 Å². The lowest BCUT2D eigenvalue weighted by Crippen LogP contribution is -2.25. The number of carbonyl (C=O) groups excluding carboxylic acids is 1. The number of amides is 1. The van der Waals surface area contributed by atoms with E-state index >= 15 is 0 Å². The van der Waals surface area contributed by atoms with Crippen molar-refractivity contribution in [2.75, 3.05) is 0 Å². The fourth-order valence-electron chi connectivity index (χ4n) is 1.73. The van der Waals surface area contributed by atoms with E-state index in [1.165, 1.54) is 19.3 Å². The van der Waals surface area contributed by atoms with Crippen molar-refractivity contribution in [2.24, 2.45) is 0 Å². The predicted molar refractivity (Wildman–Crippen MR) is 58.0 cm³/mol. The maximum absolute atomic E-state index is 10.9. The van der Waals surface area contributed by atoms with Gasteiger partial charge in [-0.1, -0.05) is 29.3 Å². The molecule has 0 aromatic carbocycles. The molecule has 1 rings (SSSR count). The standard InChI is InChI=1S/C10H18BrNO/c1-2-3-8(11)4-5-9-6-7-10(13)12-9/h8-9H,2-7H2,1H3,(H,12,13). The summed E-state index contributed by atoms with van der Waals surface area (Å²) < 4.78 is 0. The molecule has 2 nitrogen and oxygen atoms in total. The van der Waals surface area contributed by atoms with E-state index in [0.717, 1.165) is 19.3 Å². The number of halogens is 1. The molecule has 1 heterocycles. The number of carbonyl (C=O) groups is 1. The third-order valence-corrected chi connectivity index (χ3v) is 3.43. The Kier molecular flexibility index (Phi) is 4.78. The van der Waals surface area contributed by atoms with E-state index in [0.29, 0.717) is 10.9 Å². The molecule has 1 fully saturated rings. The van der Waals surface area contributed by atoms with Crippen LogP contribution in [-0.4, -0.2) is 16.8 Å². The smallest absolute Gasteiger partial charge is 0.220 e. The van der Waals surface area contributed by atoms with Crippen molar-refractivity contribution < 1.29 is 4.79 Å². The molecule has 1 amide bonds. The molecule has 13 heavy (non-hydrogen) atoms. The maximum atomic E-state index is 10.9. The average molecular weight is 248 g/mol. The minimum atomic E-state index is 0.228. The monoisotopic (exact) mass is 247 g/mol. The van der Waals surface area contributed by atoms with Crippen molar-refractivity contribution in [3.05, 3.63) is 0 Å². The van der Waals surface area contributed by atoms with Crippen molar-refractivity contribution in [3.8, 4) is 0 Å². The van der Waals surface area contributed by atoms with Gasteiger partial charge in [-0.2, -0.15) is 0 Å². The number of hydrogen-bond donors (Lipinski definition) is 1. The second kappa shape index (κ2) is 5.63. The first-order valence-corrected chi connectivity index (χ1v) is 6.07. The minimum absolute atomic E-state index is 0.228. The molecule has 2 unspecified atom stereocenters. The minimum Gasteiger partial charge on any atom is -0.353 e. The molecule has 1 aliphatic rings. The molecule has 0 aliphatic carbocycles. The van der Waals surface area contributed by atoms with Gasteiger partial charge in [0.2, 0.25) is 5.91 Å². The first kappa shape index (κ1) is 11.0. The molecule has 3 heteroatoms. The molecule has 1 N–H and O–H groups in total. The van der Waals surface area contributed by atoms with Gasteiger partial charge < -0.3 is 5.32 Å². The molecule has 0 bridgehead atoms. The Morgan fingerprint density at radius 2 is 2.38 bits per heavy atom. The summed E-state index contributed by atoms with van der Waals surface area (Å²) in [6.07, 6.45) is 6.53. The van der Waals surface area contributed by atoms with Gasteiger partial charge in [-0.25, -0.2) is 0 Å². The van der Waals surface area contributed by atoms with Gasteiger partial charge in [0.05, 0.1) is 0 Å². The zero-order valence-corrected chi connectivity index (χ0v) is 9.77. The molecule has 0 aromatic heterocycles. The van der Waals surface area contributed by atoms with Crippen LogP contribution in [0.1, 0.15) is 45.4 Å². The lowest BCUT2D eigenvalue weighted by atomic mass is 10.1. The molecular weight excluding hydrogens is 230 g/mol. The van der Waals surface area contributed by atoms with Crippen LogP contribution >= 0.6 is 15.9 Å². The van der Waals surface area contributed by atoms with Crippen molar-refractivity contribution in [3.63, 3.8) is 0 Å². The fourth-order valence-corrected chi connectivity index (χ4v) is 2.46. The highest BCUT2D eigenvalue weighted by Crippen LogP contribution is 2.19. The Morgan fingerprint density at radius 3 is 2.92 bits per heavy atom. The molecule has 0 spiro atoms. The lowest BCUT2D eigenvalue weighted by molar-refractivity contribution is -0.119. The maximum Gasteiger partial charge on any atom is 0.220 e. The number of hydrogen-bond acceptors (Lipinski definition) is 1. The van der Waals surface area contributed by atoms with E-state index < -0.39 is 0 Å². The number of rotatable bonds is 5. The summed E-state index contributed by atoms with van der Waals surface area (Å²) in [7, 11) is 0. The summed E-state index contributed by atoms with van der Waals surface area (Å²) >= 11 is 3.65. The van der Waals surface area contributed by atoms with Crippen molar-refractivity contribution in [2.45, 2.75) is 56.3 Å². The van der Waals surface area contributed by atoms with Crippen LogP contribution < -0.4 is 5.32 Å². The molecule has 0 saturated carbocycles. The van der Waals surface area contributed by atoms with Crippen LogP contribution in [0.5, 0.6) is 0 Å². The molecule has 1 saturated heterocycles. The van der Waals surface area contributed by atoms with Gasteiger partial charge in [0.1, 0.15) is 0 Å².